The average Bonchev–Trinajstić information content (AvgIpc) is 2.56. The standard InChI is InChI=1S/C18H17I2N3O2/c1-3-8-25-17-14(19)9-13(10-15(17)20)11-21-23-18(24)22-16-7-5-4-6-12(16)2/h3-7,9-11H,1,8H2,2H3,(H2,22,23,24). The Bertz CT molecular complexity index is 784. The van der Waals surface area contributed by atoms with Gasteiger partial charge in [-0.2, -0.15) is 5.10 Å². The summed E-state index contributed by atoms with van der Waals surface area (Å²) < 4.78 is 7.57. The summed E-state index contributed by atoms with van der Waals surface area (Å²) >= 11 is 4.42. The van der Waals surface area contributed by atoms with E-state index in [1.54, 1.807) is 12.3 Å². The van der Waals surface area contributed by atoms with Crippen molar-refractivity contribution in [3.8, 4) is 5.75 Å². The van der Waals surface area contributed by atoms with Gasteiger partial charge < -0.3 is 10.1 Å². The SMILES string of the molecule is C=CCOc1c(I)cc(C=NNC(=O)Nc2ccccc2C)cc1I. The van der Waals surface area contributed by atoms with Crippen molar-refractivity contribution in [2.24, 2.45) is 5.10 Å². The smallest absolute Gasteiger partial charge is 0.339 e. The summed E-state index contributed by atoms with van der Waals surface area (Å²) in [5.74, 6) is 0.823. The Balaban J connectivity index is 1.98. The van der Waals surface area contributed by atoms with Crippen molar-refractivity contribution in [1.29, 1.82) is 0 Å². The van der Waals surface area contributed by atoms with E-state index in [2.05, 4.69) is 67.6 Å². The summed E-state index contributed by atoms with van der Waals surface area (Å²) in [6, 6.07) is 11.0. The quantitative estimate of drug-likeness (QED) is 0.228. The zero-order valence-electron chi connectivity index (χ0n) is 13.6. The van der Waals surface area contributed by atoms with Crippen molar-refractivity contribution in [3.05, 3.63) is 67.3 Å². The van der Waals surface area contributed by atoms with Gasteiger partial charge in [-0.3, -0.25) is 0 Å². The number of hydrogen-bond acceptors (Lipinski definition) is 3. The molecule has 2 rings (SSSR count). The molecule has 0 bridgehead atoms. The third-order valence-electron chi connectivity index (χ3n) is 3.14. The summed E-state index contributed by atoms with van der Waals surface area (Å²) in [5.41, 5.74) is 5.08. The summed E-state index contributed by atoms with van der Waals surface area (Å²) in [4.78, 5) is 11.9. The number of benzene rings is 2. The average molecular weight is 561 g/mol. The Morgan fingerprint density at radius 2 is 1.96 bits per heavy atom. The van der Waals surface area contributed by atoms with Crippen LogP contribution in [0.3, 0.4) is 0 Å². The van der Waals surface area contributed by atoms with Crippen LogP contribution in [0.5, 0.6) is 5.75 Å². The third kappa shape index (κ3) is 5.99. The molecule has 2 N–H and O–H groups in total. The monoisotopic (exact) mass is 561 g/mol. The molecule has 0 atom stereocenters. The number of halogens is 2. The number of rotatable bonds is 6. The molecule has 7 heteroatoms. The van der Waals surface area contributed by atoms with Crippen molar-refractivity contribution in [3.63, 3.8) is 0 Å². The third-order valence-corrected chi connectivity index (χ3v) is 4.74. The van der Waals surface area contributed by atoms with E-state index in [0.717, 1.165) is 29.7 Å². The molecule has 2 amide bonds. The van der Waals surface area contributed by atoms with Gasteiger partial charge >= 0.3 is 6.03 Å². The van der Waals surface area contributed by atoms with Crippen LogP contribution in [0.25, 0.3) is 0 Å². The number of hydrazone groups is 1. The van der Waals surface area contributed by atoms with Crippen molar-refractivity contribution < 1.29 is 9.53 Å². The van der Waals surface area contributed by atoms with Crippen LogP contribution in [0.1, 0.15) is 11.1 Å². The van der Waals surface area contributed by atoms with E-state index < -0.39 is 0 Å². The van der Waals surface area contributed by atoms with Gasteiger partial charge in [-0.1, -0.05) is 30.9 Å². The molecule has 0 aromatic heterocycles. The minimum absolute atomic E-state index is 0.388. The van der Waals surface area contributed by atoms with E-state index >= 15 is 0 Å². The summed E-state index contributed by atoms with van der Waals surface area (Å²) in [6.45, 7) is 6.04. The predicted octanol–water partition coefficient (Wildman–Crippen LogP) is 4.92. The van der Waals surface area contributed by atoms with E-state index in [4.69, 9.17) is 4.74 Å². The molecule has 0 aliphatic heterocycles. The first kappa shape index (κ1) is 19.7. The highest BCUT2D eigenvalue weighted by Crippen LogP contribution is 2.28. The minimum atomic E-state index is -0.388. The number of nitrogens with one attached hydrogen (secondary N) is 2. The molecule has 0 spiro atoms. The Morgan fingerprint density at radius 1 is 1.28 bits per heavy atom. The second kappa shape index (κ2) is 9.76. The highest BCUT2D eigenvalue weighted by atomic mass is 127. The zero-order chi connectivity index (χ0) is 18.2. The maximum atomic E-state index is 11.9. The van der Waals surface area contributed by atoms with Crippen molar-refractivity contribution in [2.75, 3.05) is 11.9 Å². The Labute approximate surface area is 174 Å². The molecule has 2 aromatic carbocycles. The van der Waals surface area contributed by atoms with Crippen LogP contribution in [-0.4, -0.2) is 18.9 Å². The van der Waals surface area contributed by atoms with Gasteiger partial charge in [0.15, 0.2) is 0 Å². The first-order valence-electron chi connectivity index (χ1n) is 7.39. The Morgan fingerprint density at radius 3 is 2.60 bits per heavy atom. The van der Waals surface area contributed by atoms with E-state index in [0.29, 0.717) is 6.61 Å². The molecule has 25 heavy (non-hydrogen) atoms. The number of aryl methyl sites for hydroxylation is 1. The van der Waals surface area contributed by atoms with Crippen LogP contribution in [0, 0.1) is 14.1 Å². The van der Waals surface area contributed by atoms with Crippen molar-refractivity contribution in [2.45, 2.75) is 6.92 Å². The predicted molar refractivity (Wildman–Crippen MR) is 118 cm³/mol. The number of nitrogens with zero attached hydrogens (tertiary/aromatic N) is 1. The van der Waals surface area contributed by atoms with Gasteiger partial charge in [0.05, 0.1) is 13.4 Å². The highest BCUT2D eigenvalue weighted by Gasteiger charge is 2.08. The first-order chi connectivity index (χ1) is 12.0. The fourth-order valence-corrected chi connectivity index (χ4v) is 4.09. The lowest BCUT2D eigenvalue weighted by molar-refractivity contribution is 0.252. The minimum Gasteiger partial charge on any atom is -0.487 e. The summed E-state index contributed by atoms with van der Waals surface area (Å²) in [6.07, 6.45) is 3.30. The number of carbonyl (C=O) groups is 1. The lowest BCUT2D eigenvalue weighted by Gasteiger charge is -2.09. The summed E-state index contributed by atoms with van der Waals surface area (Å²) in [5, 5.41) is 6.75. The van der Waals surface area contributed by atoms with Crippen LogP contribution in [0.4, 0.5) is 10.5 Å². The van der Waals surface area contributed by atoms with Crippen LogP contribution in [-0.2, 0) is 0 Å². The number of para-hydroxylation sites is 1. The number of anilines is 1. The van der Waals surface area contributed by atoms with Gasteiger partial charge in [-0.25, -0.2) is 10.2 Å². The van der Waals surface area contributed by atoms with E-state index in [9.17, 15) is 4.79 Å². The fraction of sp³-hybridized carbons (Fsp3) is 0.111. The van der Waals surface area contributed by atoms with Gasteiger partial charge in [0.2, 0.25) is 0 Å². The molecule has 0 saturated heterocycles. The number of ether oxygens (including phenoxy) is 1. The van der Waals surface area contributed by atoms with E-state index in [-0.39, 0.29) is 6.03 Å². The normalized spacial score (nSPS) is 10.5. The molecule has 0 unspecified atom stereocenters. The van der Waals surface area contributed by atoms with Crippen molar-refractivity contribution in [1.82, 2.24) is 5.43 Å². The molecular formula is C18H17I2N3O2. The van der Waals surface area contributed by atoms with Gasteiger partial charge in [-0.05, 0) is 81.4 Å². The topological polar surface area (TPSA) is 62.7 Å². The number of amides is 2. The number of urea groups is 1. The fourth-order valence-electron chi connectivity index (χ4n) is 1.96. The molecule has 0 radical (unpaired) electrons. The van der Waals surface area contributed by atoms with Crippen molar-refractivity contribution >= 4 is 63.1 Å². The van der Waals surface area contributed by atoms with Gasteiger partial charge in [-0.15, -0.1) is 0 Å². The largest absolute Gasteiger partial charge is 0.487 e. The molecule has 0 saturated carbocycles. The lowest BCUT2D eigenvalue weighted by atomic mass is 10.2. The molecular weight excluding hydrogens is 544 g/mol. The second-order valence-corrected chi connectivity index (χ2v) is 7.38. The molecule has 130 valence electrons. The van der Waals surface area contributed by atoms with Crippen LogP contribution < -0.4 is 15.5 Å². The molecule has 5 nitrogen and oxygen atoms in total. The summed E-state index contributed by atoms with van der Waals surface area (Å²) in [7, 11) is 0. The first-order valence-corrected chi connectivity index (χ1v) is 9.55. The van der Waals surface area contributed by atoms with E-state index in [1.807, 2.05) is 43.3 Å². The van der Waals surface area contributed by atoms with Crippen LogP contribution >= 0.6 is 45.2 Å². The molecule has 0 aliphatic rings. The van der Waals surface area contributed by atoms with Gasteiger partial charge in [0.25, 0.3) is 0 Å². The second-order valence-electron chi connectivity index (χ2n) is 5.05. The van der Waals surface area contributed by atoms with E-state index in [1.165, 1.54) is 0 Å². The lowest BCUT2D eigenvalue weighted by Crippen LogP contribution is -2.24. The molecule has 2 aromatic rings. The number of carbonyl (C=O) groups excluding carboxylic acids is 1. The highest BCUT2D eigenvalue weighted by molar-refractivity contribution is 14.1. The Kier molecular flexibility index (Phi) is 7.69. The molecule has 0 aliphatic carbocycles. The maximum Gasteiger partial charge on any atom is 0.339 e. The van der Waals surface area contributed by atoms with Gasteiger partial charge in [0.1, 0.15) is 12.4 Å². The van der Waals surface area contributed by atoms with Crippen LogP contribution in [0.2, 0.25) is 0 Å². The molecule has 0 fully saturated rings. The van der Waals surface area contributed by atoms with Gasteiger partial charge in [0, 0.05) is 5.69 Å². The number of hydrogen-bond donors (Lipinski definition) is 2. The zero-order valence-corrected chi connectivity index (χ0v) is 17.9. The Hall–Kier alpha value is -1.62. The maximum absolute atomic E-state index is 11.9. The molecule has 0 heterocycles. The van der Waals surface area contributed by atoms with Crippen LogP contribution in [0.15, 0.2) is 54.2 Å².